The van der Waals surface area contributed by atoms with E-state index in [0.29, 0.717) is 16.5 Å². The number of nitrogens with zero attached hydrogens (tertiary/aromatic N) is 4. The number of aromatic nitrogens is 3. The Morgan fingerprint density at radius 1 is 1.29 bits per heavy atom. The topological polar surface area (TPSA) is 130 Å². The van der Waals surface area contributed by atoms with Gasteiger partial charge in [0, 0.05) is 33.9 Å². The molecule has 2 rings (SSSR count). The van der Waals surface area contributed by atoms with E-state index in [2.05, 4.69) is 10.2 Å². The first-order valence-corrected chi connectivity index (χ1v) is 10.6. The predicted molar refractivity (Wildman–Crippen MR) is 104 cm³/mol. The summed E-state index contributed by atoms with van der Waals surface area (Å²) in [6.07, 6.45) is -0.587. The maximum Gasteiger partial charge on any atom is 0.242 e. The van der Waals surface area contributed by atoms with Crippen LogP contribution in [0.3, 0.4) is 0 Å². The standard InChI is InChI=1S/C16H23N5O5S2/c1-20(2)28(23,24)12-7-5-6-11(8-12)15-18-19-16(27-10-13(17)22)21(15)9-14(25-3)26-4/h5-8,14H,9-10H2,1-4H3,(H2,17,22). The summed E-state index contributed by atoms with van der Waals surface area (Å²) in [5, 5.41) is 8.72. The van der Waals surface area contributed by atoms with E-state index in [1.807, 2.05) is 0 Å². The van der Waals surface area contributed by atoms with Crippen LogP contribution in [0.2, 0.25) is 0 Å². The molecule has 0 unspecified atom stereocenters. The molecule has 0 atom stereocenters. The molecule has 1 aromatic carbocycles. The molecular weight excluding hydrogens is 406 g/mol. The van der Waals surface area contributed by atoms with Crippen molar-refractivity contribution in [3.8, 4) is 11.4 Å². The van der Waals surface area contributed by atoms with Gasteiger partial charge in [0.1, 0.15) is 0 Å². The van der Waals surface area contributed by atoms with Crippen LogP contribution in [0, 0.1) is 0 Å². The highest BCUT2D eigenvalue weighted by atomic mass is 32.2. The van der Waals surface area contributed by atoms with Crippen molar-refractivity contribution < 1.29 is 22.7 Å². The molecule has 0 aliphatic heterocycles. The fourth-order valence-electron chi connectivity index (χ4n) is 2.31. The van der Waals surface area contributed by atoms with Crippen LogP contribution < -0.4 is 5.73 Å². The molecule has 0 saturated carbocycles. The fourth-order valence-corrected chi connectivity index (χ4v) is 3.94. The SMILES string of the molecule is COC(Cn1c(SCC(N)=O)nnc1-c1cccc(S(=O)(=O)N(C)C)c1)OC. The number of amides is 1. The molecule has 2 aromatic rings. The Kier molecular flexibility index (Phi) is 7.55. The number of carbonyl (C=O) groups excluding carboxylic acids is 1. The zero-order valence-electron chi connectivity index (χ0n) is 16.0. The fraction of sp³-hybridized carbons (Fsp3) is 0.438. The molecule has 28 heavy (non-hydrogen) atoms. The van der Waals surface area contributed by atoms with Crippen LogP contribution >= 0.6 is 11.8 Å². The highest BCUT2D eigenvalue weighted by Gasteiger charge is 2.22. The summed E-state index contributed by atoms with van der Waals surface area (Å²) in [7, 11) is 2.32. The molecule has 0 bridgehead atoms. The van der Waals surface area contributed by atoms with E-state index in [1.54, 1.807) is 16.7 Å². The Bertz CT molecular complexity index is 925. The number of ether oxygens (including phenoxy) is 2. The number of carbonyl (C=O) groups is 1. The monoisotopic (exact) mass is 429 g/mol. The van der Waals surface area contributed by atoms with Crippen LogP contribution in [0.5, 0.6) is 0 Å². The van der Waals surface area contributed by atoms with Gasteiger partial charge >= 0.3 is 0 Å². The van der Waals surface area contributed by atoms with E-state index >= 15 is 0 Å². The molecule has 10 nitrogen and oxygen atoms in total. The maximum absolute atomic E-state index is 12.4. The van der Waals surface area contributed by atoms with Crippen molar-refractivity contribution in [3.63, 3.8) is 0 Å². The molecule has 0 aliphatic rings. The largest absolute Gasteiger partial charge is 0.369 e. The number of hydrogen-bond acceptors (Lipinski definition) is 8. The second kappa shape index (κ2) is 9.47. The van der Waals surface area contributed by atoms with Gasteiger partial charge in [-0.3, -0.25) is 9.36 Å². The van der Waals surface area contributed by atoms with E-state index in [0.717, 1.165) is 16.1 Å². The first-order chi connectivity index (χ1) is 13.2. The lowest BCUT2D eigenvalue weighted by molar-refractivity contribution is -0.115. The summed E-state index contributed by atoms with van der Waals surface area (Å²) in [6, 6.07) is 6.39. The Morgan fingerprint density at radius 3 is 2.54 bits per heavy atom. The molecular formula is C16H23N5O5S2. The maximum atomic E-state index is 12.4. The van der Waals surface area contributed by atoms with E-state index in [-0.39, 0.29) is 17.2 Å². The number of rotatable bonds is 10. The van der Waals surface area contributed by atoms with E-state index in [1.165, 1.54) is 40.4 Å². The van der Waals surface area contributed by atoms with Gasteiger partial charge in [-0.2, -0.15) is 0 Å². The predicted octanol–water partition coefficient (Wildman–Crippen LogP) is 0.392. The van der Waals surface area contributed by atoms with Crippen molar-refractivity contribution in [3.05, 3.63) is 24.3 Å². The van der Waals surface area contributed by atoms with Gasteiger partial charge in [-0.1, -0.05) is 23.9 Å². The number of sulfonamides is 1. The number of primary amides is 1. The van der Waals surface area contributed by atoms with Crippen LogP contribution in [0.1, 0.15) is 0 Å². The van der Waals surface area contributed by atoms with Gasteiger partial charge in [0.25, 0.3) is 0 Å². The molecule has 0 spiro atoms. The molecule has 154 valence electrons. The molecule has 1 amide bonds. The van der Waals surface area contributed by atoms with Gasteiger partial charge < -0.3 is 15.2 Å². The second-order valence-corrected chi connectivity index (χ2v) is 8.98. The normalized spacial score (nSPS) is 12.1. The summed E-state index contributed by atoms with van der Waals surface area (Å²) >= 11 is 1.13. The highest BCUT2D eigenvalue weighted by Crippen LogP contribution is 2.27. The van der Waals surface area contributed by atoms with Gasteiger partial charge in [0.15, 0.2) is 17.3 Å². The van der Waals surface area contributed by atoms with Gasteiger partial charge in [0.05, 0.1) is 17.2 Å². The first-order valence-electron chi connectivity index (χ1n) is 8.13. The first kappa shape index (κ1) is 22.3. The Balaban J connectivity index is 2.51. The van der Waals surface area contributed by atoms with Gasteiger partial charge in [-0.25, -0.2) is 12.7 Å². The van der Waals surface area contributed by atoms with Crippen LogP contribution in [0.4, 0.5) is 0 Å². The smallest absolute Gasteiger partial charge is 0.242 e. The van der Waals surface area contributed by atoms with Crippen molar-refractivity contribution in [1.29, 1.82) is 0 Å². The average molecular weight is 430 g/mol. The highest BCUT2D eigenvalue weighted by molar-refractivity contribution is 7.99. The van der Waals surface area contributed by atoms with Crippen LogP contribution in [-0.2, 0) is 30.8 Å². The molecule has 0 saturated heterocycles. The lowest BCUT2D eigenvalue weighted by atomic mass is 10.2. The molecule has 1 heterocycles. The van der Waals surface area contributed by atoms with Crippen molar-refractivity contribution in [2.45, 2.75) is 22.9 Å². The van der Waals surface area contributed by atoms with Crippen molar-refractivity contribution in [2.24, 2.45) is 5.73 Å². The summed E-state index contributed by atoms with van der Waals surface area (Å²) in [4.78, 5) is 11.3. The summed E-state index contributed by atoms with van der Waals surface area (Å²) in [6.45, 7) is 0.237. The van der Waals surface area contributed by atoms with Crippen LogP contribution in [-0.4, -0.2) is 73.8 Å². The number of methoxy groups -OCH3 is 2. The Hall–Kier alpha value is -1.99. The molecule has 1 aromatic heterocycles. The molecule has 2 N–H and O–H groups in total. The summed E-state index contributed by atoms with van der Waals surface area (Å²) in [5.74, 6) is -0.0465. The van der Waals surface area contributed by atoms with Gasteiger partial charge in [-0.15, -0.1) is 10.2 Å². The minimum absolute atomic E-state index is 0.0256. The third-order valence-electron chi connectivity index (χ3n) is 3.79. The van der Waals surface area contributed by atoms with E-state index < -0.39 is 22.2 Å². The Morgan fingerprint density at radius 2 is 1.96 bits per heavy atom. The van der Waals surface area contributed by atoms with Crippen LogP contribution in [0.15, 0.2) is 34.3 Å². The lowest BCUT2D eigenvalue weighted by Crippen LogP contribution is -2.23. The number of thioether (sulfide) groups is 1. The third-order valence-corrected chi connectivity index (χ3v) is 6.59. The molecule has 0 aliphatic carbocycles. The zero-order chi connectivity index (χ0) is 20.9. The molecule has 0 radical (unpaired) electrons. The molecule has 12 heteroatoms. The van der Waals surface area contributed by atoms with Crippen molar-refractivity contribution in [1.82, 2.24) is 19.1 Å². The van der Waals surface area contributed by atoms with Gasteiger partial charge in [0.2, 0.25) is 15.9 Å². The number of benzene rings is 1. The van der Waals surface area contributed by atoms with Crippen molar-refractivity contribution >= 4 is 27.7 Å². The number of hydrogen-bond donors (Lipinski definition) is 1. The van der Waals surface area contributed by atoms with Crippen molar-refractivity contribution in [2.75, 3.05) is 34.1 Å². The van der Waals surface area contributed by atoms with Crippen LogP contribution in [0.25, 0.3) is 11.4 Å². The minimum atomic E-state index is -3.61. The molecule has 0 fully saturated rings. The minimum Gasteiger partial charge on any atom is -0.369 e. The quantitative estimate of drug-likeness (QED) is 0.424. The van der Waals surface area contributed by atoms with E-state index in [9.17, 15) is 13.2 Å². The van der Waals surface area contributed by atoms with Gasteiger partial charge in [-0.05, 0) is 12.1 Å². The number of nitrogens with two attached hydrogens (primary N) is 1. The second-order valence-electron chi connectivity index (χ2n) is 5.89. The summed E-state index contributed by atoms with van der Waals surface area (Å²) < 4.78 is 38.2. The lowest BCUT2D eigenvalue weighted by Gasteiger charge is -2.17. The zero-order valence-corrected chi connectivity index (χ0v) is 17.7. The Labute approximate surface area is 168 Å². The average Bonchev–Trinajstić information content (AvgIpc) is 3.06. The third kappa shape index (κ3) is 5.08. The van der Waals surface area contributed by atoms with E-state index in [4.69, 9.17) is 15.2 Å². The summed E-state index contributed by atoms with van der Waals surface area (Å²) in [5.41, 5.74) is 5.77.